The van der Waals surface area contributed by atoms with E-state index >= 15 is 0 Å². The summed E-state index contributed by atoms with van der Waals surface area (Å²) in [6, 6.07) is 21.2. The zero-order chi connectivity index (χ0) is 30.5. The average molecular weight is 583 g/mol. The first-order valence-corrected chi connectivity index (χ1v) is 16.6. The van der Waals surface area contributed by atoms with Gasteiger partial charge in [0.1, 0.15) is 12.2 Å². The van der Waals surface area contributed by atoms with Gasteiger partial charge in [-0.3, -0.25) is 4.79 Å². The Morgan fingerprint density at radius 2 is 1.51 bits per heavy atom. The van der Waals surface area contributed by atoms with E-state index in [2.05, 4.69) is 76.2 Å². The standard InChI is InChI=1S/C34H50O6Si/c1-25(40-41(33(5,6)7,26-18-12-10-13-19-26)27-20-14-11-15-21-27)17-16-22-28(35)30-29(38-34(8,9)39-30)23-24-37-31(36)32(2,3)4/h10-16,18-22,25,28-30,35H,17,23-24H2,1-9H3/b22-16-/t25-,28?,29-,30+/m0/s1. The highest BCUT2D eigenvalue weighted by molar-refractivity contribution is 6.99. The first-order chi connectivity index (χ1) is 19.1. The van der Waals surface area contributed by atoms with E-state index in [1.807, 2.05) is 52.8 Å². The lowest BCUT2D eigenvalue weighted by atomic mass is 9.97. The minimum absolute atomic E-state index is 0.0884. The summed E-state index contributed by atoms with van der Waals surface area (Å²) in [6.45, 7) is 18.2. The van der Waals surface area contributed by atoms with Crippen molar-refractivity contribution in [2.75, 3.05) is 6.61 Å². The molecule has 41 heavy (non-hydrogen) atoms. The Hall–Kier alpha value is -2.29. The number of rotatable bonds is 11. The van der Waals surface area contributed by atoms with Crippen LogP contribution < -0.4 is 10.4 Å². The molecule has 0 radical (unpaired) electrons. The molecule has 0 amide bonds. The lowest BCUT2D eigenvalue weighted by molar-refractivity contribution is -0.157. The highest BCUT2D eigenvalue weighted by Crippen LogP contribution is 2.38. The molecule has 0 aliphatic carbocycles. The summed E-state index contributed by atoms with van der Waals surface area (Å²) in [7, 11) is -2.67. The van der Waals surface area contributed by atoms with Gasteiger partial charge in [-0.25, -0.2) is 0 Å². The predicted molar refractivity (Wildman–Crippen MR) is 167 cm³/mol. The monoisotopic (exact) mass is 582 g/mol. The van der Waals surface area contributed by atoms with Gasteiger partial charge in [0.15, 0.2) is 5.79 Å². The molecule has 3 rings (SSSR count). The van der Waals surface area contributed by atoms with Crippen LogP contribution in [0.25, 0.3) is 0 Å². The fourth-order valence-corrected chi connectivity index (χ4v) is 10.1. The number of ether oxygens (including phenoxy) is 3. The molecular weight excluding hydrogens is 532 g/mol. The van der Waals surface area contributed by atoms with Gasteiger partial charge in [0, 0.05) is 12.5 Å². The second-order valence-corrected chi connectivity index (χ2v) is 17.8. The molecule has 0 aromatic heterocycles. The van der Waals surface area contributed by atoms with Crippen LogP contribution in [0.1, 0.15) is 75.2 Å². The lowest BCUT2D eigenvalue weighted by Gasteiger charge is -2.44. The number of hydrogen-bond acceptors (Lipinski definition) is 6. The second kappa shape index (κ2) is 13.3. The van der Waals surface area contributed by atoms with Crippen LogP contribution in [-0.4, -0.2) is 56.2 Å². The van der Waals surface area contributed by atoms with E-state index in [4.69, 9.17) is 18.6 Å². The third-order valence-corrected chi connectivity index (χ3v) is 12.6. The third-order valence-electron chi connectivity index (χ3n) is 7.40. The summed E-state index contributed by atoms with van der Waals surface area (Å²) in [5.74, 6) is -1.10. The lowest BCUT2D eigenvalue weighted by Crippen LogP contribution is -2.67. The molecule has 1 saturated heterocycles. The third kappa shape index (κ3) is 8.39. The van der Waals surface area contributed by atoms with Crippen molar-refractivity contribution in [2.45, 2.75) is 110 Å². The zero-order valence-electron chi connectivity index (χ0n) is 26.3. The Labute approximate surface area is 248 Å². The molecule has 2 aromatic rings. The van der Waals surface area contributed by atoms with Crippen LogP contribution in [0.4, 0.5) is 0 Å². The SMILES string of the molecule is C[C@@H](C/C=C\C(O)[C@H]1OC(C)(C)O[C@H]1CCOC(=O)C(C)(C)C)O[Si](c1ccccc1)(c1ccccc1)C(C)(C)C. The molecule has 1 N–H and O–H groups in total. The summed E-state index contributed by atoms with van der Waals surface area (Å²) in [6.07, 6.45) is 2.88. The van der Waals surface area contributed by atoms with E-state index in [0.29, 0.717) is 12.8 Å². The normalized spacial score (nSPS) is 21.1. The number of carbonyl (C=O) groups excluding carboxylic acids is 1. The maximum absolute atomic E-state index is 12.2. The largest absolute Gasteiger partial charge is 0.465 e. The Morgan fingerprint density at radius 1 is 0.976 bits per heavy atom. The molecule has 2 aromatic carbocycles. The van der Waals surface area contributed by atoms with Gasteiger partial charge in [-0.05, 0) is 63.4 Å². The molecule has 0 spiro atoms. The van der Waals surface area contributed by atoms with Gasteiger partial charge in [-0.2, -0.15) is 0 Å². The predicted octanol–water partition coefficient (Wildman–Crippen LogP) is 5.76. The van der Waals surface area contributed by atoms with Crippen LogP contribution >= 0.6 is 0 Å². The van der Waals surface area contributed by atoms with Crippen LogP contribution in [0, 0.1) is 5.41 Å². The number of esters is 1. The first kappa shape index (κ1) is 33.2. The molecule has 0 saturated carbocycles. The van der Waals surface area contributed by atoms with Crippen molar-refractivity contribution in [1.82, 2.24) is 0 Å². The van der Waals surface area contributed by atoms with Crippen LogP contribution in [-0.2, 0) is 23.4 Å². The van der Waals surface area contributed by atoms with Crippen molar-refractivity contribution in [2.24, 2.45) is 5.41 Å². The maximum atomic E-state index is 12.2. The Balaban J connectivity index is 1.72. The highest BCUT2D eigenvalue weighted by atomic mass is 28.4. The topological polar surface area (TPSA) is 74.2 Å². The van der Waals surface area contributed by atoms with Gasteiger partial charge in [0.2, 0.25) is 0 Å². The fourth-order valence-electron chi connectivity index (χ4n) is 5.42. The minimum atomic E-state index is -2.67. The van der Waals surface area contributed by atoms with E-state index in [1.165, 1.54) is 10.4 Å². The quantitative estimate of drug-likeness (QED) is 0.206. The average Bonchev–Trinajstić information content (AvgIpc) is 3.21. The van der Waals surface area contributed by atoms with Gasteiger partial charge in [-0.15, -0.1) is 0 Å². The van der Waals surface area contributed by atoms with E-state index in [-0.39, 0.29) is 23.7 Å². The molecule has 6 nitrogen and oxygen atoms in total. The summed E-state index contributed by atoms with van der Waals surface area (Å²) < 4.78 is 24.7. The van der Waals surface area contributed by atoms with E-state index in [9.17, 15) is 9.90 Å². The van der Waals surface area contributed by atoms with E-state index in [0.717, 1.165) is 0 Å². The number of benzene rings is 2. The molecule has 1 aliphatic rings. The maximum Gasteiger partial charge on any atom is 0.311 e. The van der Waals surface area contributed by atoms with E-state index in [1.54, 1.807) is 6.08 Å². The van der Waals surface area contributed by atoms with Crippen molar-refractivity contribution >= 4 is 24.7 Å². The van der Waals surface area contributed by atoms with Gasteiger partial charge < -0.3 is 23.7 Å². The minimum Gasteiger partial charge on any atom is -0.465 e. The van der Waals surface area contributed by atoms with Crippen molar-refractivity contribution < 1.29 is 28.5 Å². The molecule has 0 bridgehead atoms. The zero-order valence-corrected chi connectivity index (χ0v) is 27.3. The summed E-state index contributed by atoms with van der Waals surface area (Å²) in [5, 5.41) is 13.5. The van der Waals surface area contributed by atoms with Crippen molar-refractivity contribution in [3.63, 3.8) is 0 Å². The van der Waals surface area contributed by atoms with E-state index < -0.39 is 37.8 Å². The van der Waals surface area contributed by atoms with Crippen molar-refractivity contribution in [3.8, 4) is 0 Å². The van der Waals surface area contributed by atoms with Crippen molar-refractivity contribution in [3.05, 3.63) is 72.8 Å². The molecule has 4 atom stereocenters. The molecule has 1 fully saturated rings. The van der Waals surface area contributed by atoms with Gasteiger partial charge in [-0.1, -0.05) is 93.6 Å². The van der Waals surface area contributed by atoms with Gasteiger partial charge in [0.05, 0.1) is 18.1 Å². The van der Waals surface area contributed by atoms with Crippen LogP contribution in [0.15, 0.2) is 72.8 Å². The number of aliphatic hydroxyl groups is 1. The number of hydrogen-bond donors (Lipinski definition) is 1. The first-order valence-electron chi connectivity index (χ1n) is 14.7. The summed E-state index contributed by atoms with van der Waals surface area (Å²) in [5.41, 5.74) is -0.568. The Morgan fingerprint density at radius 3 is 2.00 bits per heavy atom. The molecule has 1 heterocycles. The smallest absolute Gasteiger partial charge is 0.311 e. The van der Waals surface area contributed by atoms with Gasteiger partial charge in [0.25, 0.3) is 8.32 Å². The van der Waals surface area contributed by atoms with Crippen LogP contribution in [0.2, 0.25) is 5.04 Å². The highest BCUT2D eigenvalue weighted by Gasteiger charge is 2.51. The Bertz CT molecular complexity index is 1090. The second-order valence-electron chi connectivity index (χ2n) is 13.6. The van der Waals surface area contributed by atoms with Crippen molar-refractivity contribution in [1.29, 1.82) is 0 Å². The Kier molecular flexibility index (Phi) is 10.8. The summed E-state index contributed by atoms with van der Waals surface area (Å²) >= 11 is 0. The number of carbonyl (C=O) groups is 1. The molecule has 1 aliphatic heterocycles. The van der Waals surface area contributed by atoms with Gasteiger partial charge >= 0.3 is 5.97 Å². The molecule has 7 heteroatoms. The van der Waals surface area contributed by atoms with Crippen LogP contribution in [0.5, 0.6) is 0 Å². The summed E-state index contributed by atoms with van der Waals surface area (Å²) in [4.78, 5) is 12.2. The fraction of sp³-hybridized carbons (Fsp3) is 0.559. The molecular formula is C34H50O6Si. The van der Waals surface area contributed by atoms with Crippen LogP contribution in [0.3, 0.4) is 0 Å². The number of aliphatic hydroxyl groups excluding tert-OH is 1. The molecule has 226 valence electrons. The molecule has 1 unspecified atom stereocenters.